The number of nitrogens with zero attached hydrogens (tertiary/aromatic N) is 1. The van der Waals surface area contributed by atoms with Gasteiger partial charge in [0.15, 0.2) is 0 Å². The molecular weight excluding hydrogens is 261 g/mol. The maximum absolute atomic E-state index is 9.20. The second-order valence-electron chi connectivity index (χ2n) is 3.92. The Balaban J connectivity index is 2.16. The highest BCUT2D eigenvalue weighted by Gasteiger charge is 2.13. The Labute approximate surface area is 116 Å². The van der Waals surface area contributed by atoms with Crippen LogP contribution in [0.15, 0.2) is 47.6 Å². The van der Waals surface area contributed by atoms with Crippen LogP contribution >= 0.6 is 11.8 Å². The van der Waals surface area contributed by atoms with E-state index in [-0.39, 0.29) is 0 Å². The molecule has 0 atom stereocenters. The van der Waals surface area contributed by atoms with Crippen LogP contribution in [-0.4, -0.2) is 29.3 Å². The van der Waals surface area contributed by atoms with E-state index >= 15 is 0 Å². The van der Waals surface area contributed by atoms with Gasteiger partial charge in [-0.1, -0.05) is 12.1 Å². The standard InChI is InChI=1S/C13H14BNO3S/c1-18-13-3-2-11(14(16)17)8-10(13)9-19-12-4-6-15-7-5-12/h2-8,16-17H,9H2,1H3. The first-order chi connectivity index (χ1) is 9.20. The van der Waals surface area contributed by atoms with Crippen molar-refractivity contribution in [2.45, 2.75) is 10.6 Å². The zero-order chi connectivity index (χ0) is 13.7. The fraction of sp³-hybridized carbons (Fsp3) is 0.154. The van der Waals surface area contributed by atoms with E-state index in [1.807, 2.05) is 12.1 Å². The normalized spacial score (nSPS) is 10.3. The smallest absolute Gasteiger partial charge is 0.488 e. The highest BCUT2D eigenvalue weighted by molar-refractivity contribution is 7.98. The largest absolute Gasteiger partial charge is 0.496 e. The lowest BCUT2D eigenvalue weighted by atomic mass is 9.79. The van der Waals surface area contributed by atoms with Gasteiger partial charge < -0.3 is 14.8 Å². The van der Waals surface area contributed by atoms with Gasteiger partial charge in [0.2, 0.25) is 0 Å². The number of benzene rings is 1. The molecule has 98 valence electrons. The number of methoxy groups -OCH3 is 1. The molecule has 0 radical (unpaired) electrons. The van der Waals surface area contributed by atoms with E-state index in [1.54, 1.807) is 49.5 Å². The quantitative estimate of drug-likeness (QED) is 0.631. The summed E-state index contributed by atoms with van der Waals surface area (Å²) in [5, 5.41) is 18.4. The minimum absolute atomic E-state index is 0.464. The summed E-state index contributed by atoms with van der Waals surface area (Å²) in [4.78, 5) is 5.07. The van der Waals surface area contributed by atoms with Crippen LogP contribution < -0.4 is 10.2 Å². The first-order valence-corrected chi connectivity index (χ1v) is 6.75. The van der Waals surface area contributed by atoms with Crippen molar-refractivity contribution < 1.29 is 14.8 Å². The van der Waals surface area contributed by atoms with Gasteiger partial charge in [0.25, 0.3) is 0 Å². The molecule has 0 spiro atoms. The van der Waals surface area contributed by atoms with Crippen LogP contribution in [-0.2, 0) is 5.75 Å². The highest BCUT2D eigenvalue weighted by Crippen LogP contribution is 2.26. The Morgan fingerprint density at radius 2 is 1.95 bits per heavy atom. The van der Waals surface area contributed by atoms with Crippen LogP contribution in [0.25, 0.3) is 0 Å². The summed E-state index contributed by atoms with van der Waals surface area (Å²) < 4.78 is 5.28. The second-order valence-corrected chi connectivity index (χ2v) is 4.97. The lowest BCUT2D eigenvalue weighted by molar-refractivity contribution is 0.410. The molecule has 0 saturated carbocycles. The number of aromatic nitrogens is 1. The number of hydrogen-bond donors (Lipinski definition) is 2. The third kappa shape index (κ3) is 3.73. The zero-order valence-corrected chi connectivity index (χ0v) is 11.3. The fourth-order valence-corrected chi connectivity index (χ4v) is 2.53. The Morgan fingerprint density at radius 3 is 2.58 bits per heavy atom. The van der Waals surface area contributed by atoms with Gasteiger partial charge in [-0.25, -0.2) is 0 Å². The highest BCUT2D eigenvalue weighted by atomic mass is 32.2. The summed E-state index contributed by atoms with van der Waals surface area (Å²) >= 11 is 1.64. The topological polar surface area (TPSA) is 62.6 Å². The molecule has 0 bridgehead atoms. The molecule has 6 heteroatoms. The van der Waals surface area contributed by atoms with Crippen molar-refractivity contribution in [2.75, 3.05) is 7.11 Å². The summed E-state index contributed by atoms with van der Waals surface area (Å²) in [6.45, 7) is 0. The summed E-state index contributed by atoms with van der Waals surface area (Å²) in [5.74, 6) is 1.43. The number of rotatable bonds is 5. The molecule has 0 aliphatic rings. The van der Waals surface area contributed by atoms with Crippen molar-refractivity contribution in [1.29, 1.82) is 0 Å². The Hall–Kier alpha value is -1.50. The van der Waals surface area contributed by atoms with Crippen LogP contribution in [0, 0.1) is 0 Å². The molecule has 19 heavy (non-hydrogen) atoms. The van der Waals surface area contributed by atoms with E-state index in [0.29, 0.717) is 11.2 Å². The molecule has 1 aromatic carbocycles. The molecule has 2 N–H and O–H groups in total. The first-order valence-electron chi connectivity index (χ1n) is 5.76. The molecule has 0 fully saturated rings. The fourth-order valence-electron chi connectivity index (χ4n) is 1.67. The van der Waals surface area contributed by atoms with Crippen LogP contribution in [0.3, 0.4) is 0 Å². The molecule has 0 aliphatic carbocycles. The van der Waals surface area contributed by atoms with Crippen molar-refractivity contribution in [2.24, 2.45) is 0 Å². The molecule has 2 rings (SSSR count). The van der Waals surface area contributed by atoms with Crippen molar-refractivity contribution in [3.63, 3.8) is 0 Å². The monoisotopic (exact) mass is 275 g/mol. The van der Waals surface area contributed by atoms with Crippen LogP contribution in [0.4, 0.5) is 0 Å². The number of thioether (sulfide) groups is 1. The Kier molecular flexibility index (Phi) is 4.84. The Bertz CT molecular complexity index is 537. The van der Waals surface area contributed by atoms with Gasteiger partial charge in [-0.2, -0.15) is 0 Å². The van der Waals surface area contributed by atoms with Crippen molar-refractivity contribution in [1.82, 2.24) is 4.98 Å². The van der Waals surface area contributed by atoms with Crippen LogP contribution in [0.2, 0.25) is 0 Å². The minimum Gasteiger partial charge on any atom is -0.496 e. The second kappa shape index (κ2) is 6.61. The third-order valence-electron chi connectivity index (χ3n) is 2.65. The molecule has 1 heterocycles. The van der Waals surface area contributed by atoms with Gasteiger partial charge in [-0.15, -0.1) is 11.8 Å². The summed E-state index contributed by atoms with van der Waals surface area (Å²) in [6.07, 6.45) is 3.49. The molecule has 0 saturated heterocycles. The molecule has 0 aliphatic heterocycles. The van der Waals surface area contributed by atoms with E-state index in [2.05, 4.69) is 4.98 Å². The molecule has 0 unspecified atom stereocenters. The van der Waals surface area contributed by atoms with Crippen molar-refractivity contribution >= 4 is 24.3 Å². The summed E-state index contributed by atoms with van der Waals surface area (Å²) in [6, 6.07) is 9.00. The molecular formula is C13H14BNO3S. The number of ether oxygens (including phenoxy) is 1. The molecule has 2 aromatic rings. The third-order valence-corrected chi connectivity index (χ3v) is 3.71. The van der Waals surface area contributed by atoms with Gasteiger partial charge in [-0.3, -0.25) is 4.98 Å². The predicted molar refractivity (Wildman–Crippen MR) is 76.6 cm³/mol. The van der Waals surface area contributed by atoms with Crippen LogP contribution in [0.1, 0.15) is 5.56 Å². The lowest BCUT2D eigenvalue weighted by Crippen LogP contribution is -2.30. The summed E-state index contributed by atoms with van der Waals surface area (Å²) in [7, 11) is 0.140. The maximum atomic E-state index is 9.20. The SMILES string of the molecule is COc1ccc(B(O)O)cc1CSc1ccncc1. The van der Waals surface area contributed by atoms with Gasteiger partial charge >= 0.3 is 7.12 Å². The molecule has 4 nitrogen and oxygen atoms in total. The van der Waals surface area contributed by atoms with Gasteiger partial charge in [0.05, 0.1) is 7.11 Å². The van der Waals surface area contributed by atoms with Crippen molar-refractivity contribution in [3.05, 3.63) is 48.3 Å². The average molecular weight is 275 g/mol. The number of hydrogen-bond acceptors (Lipinski definition) is 5. The maximum Gasteiger partial charge on any atom is 0.488 e. The first kappa shape index (κ1) is 13.9. The minimum atomic E-state index is -1.46. The average Bonchev–Trinajstić information content (AvgIpc) is 2.45. The van der Waals surface area contributed by atoms with Gasteiger partial charge in [0.1, 0.15) is 5.75 Å². The van der Waals surface area contributed by atoms with E-state index in [0.717, 1.165) is 16.2 Å². The molecule has 1 aromatic heterocycles. The zero-order valence-electron chi connectivity index (χ0n) is 10.5. The predicted octanol–water partition coefficient (Wildman–Crippen LogP) is 1.06. The summed E-state index contributed by atoms with van der Waals surface area (Å²) in [5.41, 5.74) is 1.39. The van der Waals surface area contributed by atoms with Crippen LogP contribution in [0.5, 0.6) is 5.75 Å². The van der Waals surface area contributed by atoms with E-state index in [1.165, 1.54) is 0 Å². The van der Waals surface area contributed by atoms with E-state index < -0.39 is 7.12 Å². The molecule has 0 amide bonds. The number of pyridine rings is 1. The van der Waals surface area contributed by atoms with E-state index in [9.17, 15) is 10.0 Å². The van der Waals surface area contributed by atoms with E-state index in [4.69, 9.17) is 4.74 Å². The van der Waals surface area contributed by atoms with Gasteiger partial charge in [-0.05, 0) is 23.7 Å². The lowest BCUT2D eigenvalue weighted by Gasteiger charge is -2.10. The van der Waals surface area contributed by atoms with Gasteiger partial charge in [0, 0.05) is 28.6 Å². The Morgan fingerprint density at radius 1 is 1.21 bits per heavy atom. The van der Waals surface area contributed by atoms with Crippen molar-refractivity contribution in [3.8, 4) is 5.75 Å².